The zero-order chi connectivity index (χ0) is 19.4. The third kappa shape index (κ3) is 4.60. The molecular weight excluding hydrogens is 348 g/mol. The molecule has 1 fully saturated rings. The largest absolute Gasteiger partial charge is 0.491 e. The van der Waals surface area contributed by atoms with Gasteiger partial charge in [0, 0.05) is 17.9 Å². The van der Waals surface area contributed by atoms with Gasteiger partial charge in [-0.05, 0) is 39.7 Å². The van der Waals surface area contributed by atoms with Gasteiger partial charge in [-0.1, -0.05) is 18.2 Å². The van der Waals surface area contributed by atoms with Crippen molar-refractivity contribution in [3.05, 3.63) is 41.1 Å². The molecule has 146 valence electrons. The van der Waals surface area contributed by atoms with Crippen molar-refractivity contribution in [2.45, 2.75) is 51.9 Å². The summed E-state index contributed by atoms with van der Waals surface area (Å²) in [6, 6.07) is 6.36. The second-order valence-electron chi connectivity index (χ2n) is 7.01. The summed E-state index contributed by atoms with van der Waals surface area (Å²) in [4.78, 5) is 24.9. The molecule has 0 aliphatic carbocycles. The van der Waals surface area contributed by atoms with Crippen LogP contribution in [0.25, 0.3) is 0 Å². The Balaban J connectivity index is 1.86. The fourth-order valence-corrected chi connectivity index (χ4v) is 3.30. The van der Waals surface area contributed by atoms with Gasteiger partial charge in [0.15, 0.2) is 0 Å². The van der Waals surface area contributed by atoms with E-state index in [4.69, 9.17) is 14.2 Å². The first-order chi connectivity index (χ1) is 13.0. The van der Waals surface area contributed by atoms with E-state index < -0.39 is 12.0 Å². The highest BCUT2D eigenvalue weighted by molar-refractivity contribution is 5.95. The summed E-state index contributed by atoms with van der Waals surface area (Å²) in [5.74, 6) is 0.150. The molecule has 0 bridgehead atoms. The van der Waals surface area contributed by atoms with Gasteiger partial charge in [-0.15, -0.1) is 0 Å². The third-order valence-electron chi connectivity index (χ3n) is 4.51. The molecule has 0 saturated carbocycles. The molecule has 2 aliphatic heterocycles. The average Bonchev–Trinajstić information content (AvgIpc) is 3.12. The second kappa shape index (κ2) is 8.43. The van der Waals surface area contributed by atoms with Gasteiger partial charge in [-0.25, -0.2) is 9.59 Å². The average molecular weight is 374 g/mol. The van der Waals surface area contributed by atoms with Crippen molar-refractivity contribution in [1.82, 2.24) is 10.6 Å². The molecule has 0 radical (unpaired) electrons. The number of urea groups is 1. The first-order valence-electron chi connectivity index (χ1n) is 9.28. The number of carbonyl (C=O) groups is 2. The highest BCUT2D eigenvalue weighted by Crippen LogP contribution is 2.34. The summed E-state index contributed by atoms with van der Waals surface area (Å²) >= 11 is 0. The predicted octanol–water partition coefficient (Wildman–Crippen LogP) is 2.82. The Morgan fingerprint density at radius 1 is 1.33 bits per heavy atom. The van der Waals surface area contributed by atoms with Crippen LogP contribution in [-0.2, 0) is 14.3 Å². The van der Waals surface area contributed by atoms with Crippen LogP contribution in [0.4, 0.5) is 4.79 Å². The topological polar surface area (TPSA) is 85.9 Å². The van der Waals surface area contributed by atoms with Crippen LogP contribution in [0, 0.1) is 0 Å². The van der Waals surface area contributed by atoms with Crippen molar-refractivity contribution in [2.75, 3.05) is 13.2 Å². The molecule has 2 unspecified atom stereocenters. The molecule has 1 aromatic carbocycles. The summed E-state index contributed by atoms with van der Waals surface area (Å²) in [7, 11) is 0. The van der Waals surface area contributed by atoms with E-state index in [1.807, 2.05) is 38.1 Å². The molecule has 0 aromatic heterocycles. The minimum absolute atomic E-state index is 0.0384. The number of nitrogens with one attached hydrogen (secondary N) is 2. The van der Waals surface area contributed by atoms with Crippen LogP contribution in [0.15, 0.2) is 35.5 Å². The molecule has 2 heterocycles. The molecule has 2 aliphatic rings. The zero-order valence-corrected chi connectivity index (χ0v) is 15.9. The standard InChI is InChI=1S/C20H26N2O5/c1-12(2)27-16-9-5-4-8-15(16)18-17(13(3)21-20(24)22-18)19(23)26-11-14-7-6-10-25-14/h4-5,8-9,12,14,18H,6-7,10-11H2,1-3H3,(H2,21,22,24). The Hall–Kier alpha value is -2.54. The number of allylic oxidation sites excluding steroid dienone is 1. The molecule has 2 atom stereocenters. The van der Waals surface area contributed by atoms with Crippen LogP contribution in [0.5, 0.6) is 5.75 Å². The summed E-state index contributed by atoms with van der Waals surface area (Å²) < 4.78 is 16.9. The Morgan fingerprint density at radius 3 is 2.81 bits per heavy atom. The SMILES string of the molecule is CC1=C(C(=O)OCC2CCCO2)C(c2ccccc2OC(C)C)NC(=O)N1. The molecule has 7 nitrogen and oxygen atoms in total. The first kappa shape index (κ1) is 19.2. The Kier molecular flexibility index (Phi) is 6.01. The maximum Gasteiger partial charge on any atom is 0.338 e. The summed E-state index contributed by atoms with van der Waals surface area (Å²) in [5, 5.41) is 5.47. The number of ether oxygens (including phenoxy) is 3. The lowest BCUT2D eigenvalue weighted by Gasteiger charge is -2.29. The highest BCUT2D eigenvalue weighted by Gasteiger charge is 2.34. The highest BCUT2D eigenvalue weighted by atomic mass is 16.6. The molecule has 7 heteroatoms. The van der Waals surface area contributed by atoms with Crippen LogP contribution < -0.4 is 15.4 Å². The van der Waals surface area contributed by atoms with Gasteiger partial charge in [0.25, 0.3) is 0 Å². The van der Waals surface area contributed by atoms with E-state index in [-0.39, 0.29) is 24.8 Å². The van der Waals surface area contributed by atoms with E-state index in [0.29, 0.717) is 29.2 Å². The Labute approximate surface area is 159 Å². The number of para-hydroxylation sites is 1. The van der Waals surface area contributed by atoms with Gasteiger partial charge >= 0.3 is 12.0 Å². The molecule has 1 aromatic rings. The summed E-state index contributed by atoms with van der Waals surface area (Å²) in [6.45, 7) is 6.45. The van der Waals surface area contributed by atoms with Gasteiger partial charge in [-0.3, -0.25) is 0 Å². The van der Waals surface area contributed by atoms with Gasteiger partial charge < -0.3 is 24.8 Å². The molecule has 1 saturated heterocycles. The first-order valence-corrected chi connectivity index (χ1v) is 9.28. The molecule has 2 amide bonds. The number of benzene rings is 1. The fourth-order valence-electron chi connectivity index (χ4n) is 3.30. The maximum atomic E-state index is 12.8. The van der Waals surface area contributed by atoms with Crippen LogP contribution in [0.3, 0.4) is 0 Å². The van der Waals surface area contributed by atoms with Crippen LogP contribution >= 0.6 is 0 Å². The van der Waals surface area contributed by atoms with E-state index in [9.17, 15) is 9.59 Å². The van der Waals surface area contributed by atoms with Crippen LogP contribution in [0.1, 0.15) is 45.2 Å². The lowest BCUT2D eigenvalue weighted by molar-refractivity contribution is -0.142. The van der Waals surface area contributed by atoms with E-state index in [1.54, 1.807) is 6.92 Å². The van der Waals surface area contributed by atoms with Gasteiger partial charge in [-0.2, -0.15) is 0 Å². The van der Waals surface area contributed by atoms with Crippen molar-refractivity contribution < 1.29 is 23.8 Å². The number of amides is 2. The van der Waals surface area contributed by atoms with Crippen LogP contribution in [-0.4, -0.2) is 37.4 Å². The van der Waals surface area contributed by atoms with Crippen molar-refractivity contribution in [1.29, 1.82) is 0 Å². The third-order valence-corrected chi connectivity index (χ3v) is 4.51. The van der Waals surface area contributed by atoms with Gasteiger partial charge in [0.1, 0.15) is 12.4 Å². The molecule has 0 spiro atoms. The lowest BCUT2D eigenvalue weighted by Crippen LogP contribution is -2.45. The predicted molar refractivity (Wildman–Crippen MR) is 99.2 cm³/mol. The molecular formula is C20H26N2O5. The number of hydrogen-bond acceptors (Lipinski definition) is 5. The normalized spacial score (nSPS) is 22.4. The van der Waals surface area contributed by atoms with Crippen molar-refractivity contribution in [3.8, 4) is 5.75 Å². The van der Waals surface area contributed by atoms with Crippen LogP contribution in [0.2, 0.25) is 0 Å². The van der Waals surface area contributed by atoms with Crippen molar-refractivity contribution in [2.24, 2.45) is 0 Å². The Bertz CT molecular complexity index is 738. The lowest BCUT2D eigenvalue weighted by atomic mass is 9.95. The number of esters is 1. The van der Waals surface area contributed by atoms with E-state index in [1.165, 1.54) is 0 Å². The summed E-state index contributed by atoms with van der Waals surface area (Å²) in [5.41, 5.74) is 1.55. The Morgan fingerprint density at radius 2 is 2.11 bits per heavy atom. The minimum atomic E-state index is -0.648. The number of hydrogen-bond donors (Lipinski definition) is 2. The van der Waals surface area contributed by atoms with Crippen molar-refractivity contribution >= 4 is 12.0 Å². The second-order valence-corrected chi connectivity index (χ2v) is 7.01. The van der Waals surface area contributed by atoms with E-state index in [0.717, 1.165) is 12.8 Å². The smallest absolute Gasteiger partial charge is 0.338 e. The zero-order valence-electron chi connectivity index (χ0n) is 15.9. The minimum Gasteiger partial charge on any atom is -0.491 e. The van der Waals surface area contributed by atoms with E-state index in [2.05, 4.69) is 10.6 Å². The van der Waals surface area contributed by atoms with Crippen molar-refractivity contribution in [3.63, 3.8) is 0 Å². The number of rotatable bonds is 6. The van der Waals surface area contributed by atoms with Gasteiger partial charge in [0.2, 0.25) is 0 Å². The fraction of sp³-hybridized carbons (Fsp3) is 0.500. The maximum absolute atomic E-state index is 12.8. The quantitative estimate of drug-likeness (QED) is 0.748. The molecule has 27 heavy (non-hydrogen) atoms. The monoisotopic (exact) mass is 374 g/mol. The number of carbonyl (C=O) groups excluding carboxylic acids is 2. The van der Waals surface area contributed by atoms with Gasteiger partial charge in [0.05, 0.1) is 23.8 Å². The van der Waals surface area contributed by atoms with E-state index >= 15 is 0 Å². The summed E-state index contributed by atoms with van der Waals surface area (Å²) in [6.07, 6.45) is 1.76. The molecule has 3 rings (SSSR count). The molecule has 2 N–H and O–H groups in total.